The molecule has 0 aromatic heterocycles. The number of hydrogen-bond donors (Lipinski definition) is 0. The van der Waals surface area contributed by atoms with E-state index in [-0.39, 0.29) is 0 Å². The molecule has 17 heavy (non-hydrogen) atoms. The minimum absolute atomic E-state index is 0.331. The fourth-order valence-corrected chi connectivity index (χ4v) is 2.00. The monoisotopic (exact) mass is 249 g/mol. The summed E-state index contributed by atoms with van der Waals surface area (Å²) in [6.07, 6.45) is 1.72. The zero-order valence-corrected chi connectivity index (χ0v) is 10.4. The van der Waals surface area contributed by atoms with Gasteiger partial charge in [0.15, 0.2) is 0 Å². The number of rotatable bonds is 2. The van der Waals surface area contributed by atoms with Gasteiger partial charge in [0.2, 0.25) is 0 Å². The average Bonchev–Trinajstić information content (AvgIpc) is 2.52. The minimum Gasteiger partial charge on any atom is -0.301 e. The molecule has 1 heterocycles. The molecule has 1 aliphatic rings. The van der Waals surface area contributed by atoms with E-state index >= 15 is 0 Å². The van der Waals surface area contributed by atoms with Crippen molar-refractivity contribution in [3.8, 4) is 0 Å². The van der Waals surface area contributed by atoms with E-state index < -0.39 is 11.7 Å². The van der Waals surface area contributed by atoms with E-state index in [4.69, 9.17) is 11.6 Å². The van der Waals surface area contributed by atoms with Gasteiger partial charge in [-0.05, 0) is 25.5 Å². The number of halogens is 1. The van der Waals surface area contributed by atoms with E-state index in [9.17, 15) is 9.59 Å². The summed E-state index contributed by atoms with van der Waals surface area (Å²) < 4.78 is 0. The third-order valence-corrected chi connectivity index (χ3v) is 2.90. The van der Waals surface area contributed by atoms with Crippen LogP contribution in [0.4, 0.5) is 5.69 Å². The second-order valence-electron chi connectivity index (χ2n) is 4.01. The van der Waals surface area contributed by atoms with Crippen LogP contribution >= 0.6 is 11.6 Å². The number of carbonyl (C=O) groups excluding carboxylic acids is 2. The van der Waals surface area contributed by atoms with Crippen molar-refractivity contribution in [2.45, 2.75) is 13.8 Å². The van der Waals surface area contributed by atoms with Gasteiger partial charge in [-0.15, -0.1) is 0 Å². The fraction of sp³-hybridized carbons (Fsp3) is 0.231. The van der Waals surface area contributed by atoms with Crippen molar-refractivity contribution in [3.63, 3.8) is 0 Å². The zero-order chi connectivity index (χ0) is 12.6. The number of carbonyl (C=O) groups is 2. The Hall–Kier alpha value is -1.61. The van der Waals surface area contributed by atoms with E-state index in [2.05, 4.69) is 0 Å². The van der Waals surface area contributed by atoms with E-state index in [1.807, 2.05) is 13.0 Å². The molecule has 0 unspecified atom stereocenters. The number of benzene rings is 1. The molecule has 0 saturated heterocycles. The molecule has 1 aliphatic heterocycles. The van der Waals surface area contributed by atoms with Crippen molar-refractivity contribution in [2.24, 2.45) is 0 Å². The van der Waals surface area contributed by atoms with E-state index in [1.165, 1.54) is 4.90 Å². The maximum atomic E-state index is 11.8. The van der Waals surface area contributed by atoms with Crippen molar-refractivity contribution >= 4 is 29.0 Å². The maximum absolute atomic E-state index is 11.8. The van der Waals surface area contributed by atoms with E-state index in [0.29, 0.717) is 22.8 Å². The van der Waals surface area contributed by atoms with Gasteiger partial charge in [-0.3, -0.25) is 9.59 Å². The second kappa shape index (κ2) is 4.34. The number of fused-ring (bicyclic) bond motifs is 1. The smallest absolute Gasteiger partial charge is 0.299 e. The molecule has 0 saturated carbocycles. The van der Waals surface area contributed by atoms with Gasteiger partial charge in [-0.1, -0.05) is 29.8 Å². The largest absolute Gasteiger partial charge is 0.301 e. The predicted octanol–water partition coefficient (Wildman–Crippen LogP) is 2.67. The first-order valence-corrected chi connectivity index (χ1v) is 5.68. The summed E-state index contributed by atoms with van der Waals surface area (Å²) in [4.78, 5) is 25.1. The Labute approximate surface area is 105 Å². The van der Waals surface area contributed by atoms with Crippen molar-refractivity contribution in [1.29, 1.82) is 0 Å². The highest BCUT2D eigenvalue weighted by molar-refractivity contribution is 6.52. The molecule has 0 spiro atoms. The van der Waals surface area contributed by atoms with Gasteiger partial charge in [0, 0.05) is 11.6 Å². The summed E-state index contributed by atoms with van der Waals surface area (Å²) in [5.74, 6) is -0.923. The zero-order valence-electron chi connectivity index (χ0n) is 9.66. The number of anilines is 1. The fourth-order valence-electron chi connectivity index (χ4n) is 1.93. The molecule has 4 heteroatoms. The highest BCUT2D eigenvalue weighted by Crippen LogP contribution is 2.32. The lowest BCUT2D eigenvalue weighted by Gasteiger charge is -2.16. The highest BCUT2D eigenvalue weighted by Gasteiger charge is 2.35. The predicted molar refractivity (Wildman–Crippen MR) is 67.5 cm³/mol. The number of nitrogens with zero attached hydrogens (tertiary/aromatic N) is 1. The molecule has 0 radical (unpaired) electrons. The van der Waals surface area contributed by atoms with Gasteiger partial charge in [0.05, 0.1) is 11.3 Å². The lowest BCUT2D eigenvalue weighted by atomic mass is 10.1. The summed E-state index contributed by atoms with van der Waals surface area (Å²) in [6.45, 7) is 3.95. The maximum Gasteiger partial charge on any atom is 0.299 e. The summed E-state index contributed by atoms with van der Waals surface area (Å²) >= 11 is 5.75. The van der Waals surface area contributed by atoms with E-state index in [0.717, 1.165) is 5.56 Å². The number of amides is 1. The Morgan fingerprint density at radius 2 is 2.12 bits per heavy atom. The van der Waals surface area contributed by atoms with Gasteiger partial charge in [-0.25, -0.2) is 0 Å². The molecule has 0 fully saturated rings. The Morgan fingerprint density at radius 3 is 2.76 bits per heavy atom. The summed E-state index contributed by atoms with van der Waals surface area (Å²) in [5, 5.41) is 0.604. The van der Waals surface area contributed by atoms with Crippen LogP contribution in [0.1, 0.15) is 22.8 Å². The standard InChI is InChI=1S/C13H12ClNO2/c1-8-4-3-5-10-11(8)15(7-6-9(2)14)13(17)12(10)16/h3-6H,7H2,1-2H3. The van der Waals surface area contributed by atoms with Crippen LogP contribution in [0, 0.1) is 6.92 Å². The van der Waals surface area contributed by atoms with Crippen molar-refractivity contribution in [1.82, 2.24) is 0 Å². The molecule has 1 aromatic carbocycles. The normalized spacial score (nSPS) is 15.5. The van der Waals surface area contributed by atoms with Crippen LogP contribution in [0.3, 0.4) is 0 Å². The number of hydrogen-bond acceptors (Lipinski definition) is 2. The molecular weight excluding hydrogens is 238 g/mol. The quantitative estimate of drug-likeness (QED) is 0.756. The van der Waals surface area contributed by atoms with Crippen LogP contribution in [0.5, 0.6) is 0 Å². The van der Waals surface area contributed by atoms with Gasteiger partial charge < -0.3 is 4.90 Å². The Balaban J connectivity index is 2.47. The summed E-state index contributed by atoms with van der Waals surface area (Å²) in [5.41, 5.74) is 2.11. The van der Waals surface area contributed by atoms with Crippen molar-refractivity contribution in [2.75, 3.05) is 11.4 Å². The third-order valence-electron chi connectivity index (χ3n) is 2.75. The number of Topliss-reactive ketones (excluding diaryl/α,β-unsaturated/α-hetero) is 1. The molecule has 0 atom stereocenters. The Bertz CT molecular complexity index is 530. The van der Waals surface area contributed by atoms with Crippen molar-refractivity contribution < 1.29 is 9.59 Å². The first kappa shape index (κ1) is 11.9. The minimum atomic E-state index is -0.483. The number of ketones is 1. The Kier molecular flexibility index (Phi) is 3.03. The SMILES string of the molecule is CC(Cl)=CCN1C(=O)C(=O)c2cccc(C)c21. The lowest BCUT2D eigenvalue weighted by Crippen LogP contribution is -2.30. The van der Waals surface area contributed by atoms with Crippen LogP contribution in [0.2, 0.25) is 0 Å². The molecule has 1 aromatic rings. The van der Waals surface area contributed by atoms with Crippen LogP contribution < -0.4 is 4.90 Å². The van der Waals surface area contributed by atoms with Crippen LogP contribution in [0.25, 0.3) is 0 Å². The lowest BCUT2D eigenvalue weighted by molar-refractivity contribution is -0.114. The topological polar surface area (TPSA) is 37.4 Å². The number of aryl methyl sites for hydroxylation is 1. The molecule has 0 bridgehead atoms. The third kappa shape index (κ3) is 1.98. The second-order valence-corrected chi connectivity index (χ2v) is 4.60. The first-order valence-electron chi connectivity index (χ1n) is 5.30. The highest BCUT2D eigenvalue weighted by atomic mass is 35.5. The molecule has 3 nitrogen and oxygen atoms in total. The first-order chi connectivity index (χ1) is 8.02. The van der Waals surface area contributed by atoms with Gasteiger partial charge in [0.25, 0.3) is 11.7 Å². The summed E-state index contributed by atoms with van der Waals surface area (Å²) in [7, 11) is 0. The van der Waals surface area contributed by atoms with Gasteiger partial charge >= 0.3 is 0 Å². The van der Waals surface area contributed by atoms with Gasteiger partial charge in [-0.2, -0.15) is 0 Å². The van der Waals surface area contributed by atoms with Crippen LogP contribution in [-0.2, 0) is 4.79 Å². The van der Waals surface area contributed by atoms with Crippen LogP contribution in [0.15, 0.2) is 29.3 Å². The van der Waals surface area contributed by atoms with Gasteiger partial charge in [0.1, 0.15) is 0 Å². The summed E-state index contributed by atoms with van der Waals surface area (Å²) in [6, 6.07) is 5.35. The molecule has 0 aliphatic carbocycles. The number of allylic oxidation sites excluding steroid dienone is 1. The Morgan fingerprint density at radius 1 is 1.41 bits per heavy atom. The van der Waals surface area contributed by atoms with E-state index in [1.54, 1.807) is 25.1 Å². The average molecular weight is 250 g/mol. The molecule has 88 valence electrons. The molecule has 1 amide bonds. The molecule has 2 rings (SSSR count). The number of para-hydroxylation sites is 1. The van der Waals surface area contributed by atoms with Crippen molar-refractivity contribution in [3.05, 3.63) is 40.4 Å². The molecule has 0 N–H and O–H groups in total. The van der Waals surface area contributed by atoms with Crippen LogP contribution in [-0.4, -0.2) is 18.2 Å². The molecular formula is C13H12ClNO2.